The van der Waals surface area contributed by atoms with Crippen LogP contribution < -0.4 is 4.74 Å². The molecule has 1 fully saturated rings. The Balaban J connectivity index is 2.02. The molecule has 1 aliphatic rings. The number of methoxy groups -OCH3 is 1. The van der Waals surface area contributed by atoms with Crippen molar-refractivity contribution >= 4 is 11.6 Å². The number of nitrogens with zero attached hydrogens (tertiary/aromatic N) is 2. The lowest BCUT2D eigenvalue weighted by atomic mass is 9.98. The van der Waals surface area contributed by atoms with Crippen molar-refractivity contribution in [3.05, 3.63) is 28.8 Å². The molecule has 0 amide bonds. The molecule has 1 aromatic rings. The Bertz CT molecular complexity index is 447. The first-order chi connectivity index (χ1) is 10.0. The number of hydrogen-bond donors (Lipinski definition) is 0. The zero-order valence-electron chi connectivity index (χ0n) is 13.7. The normalized spacial score (nSPS) is 18.7. The highest BCUT2D eigenvalue weighted by Gasteiger charge is 2.21. The minimum absolute atomic E-state index is 0.0454. The molecule has 1 heterocycles. The van der Waals surface area contributed by atoms with Crippen molar-refractivity contribution in [1.29, 1.82) is 0 Å². The van der Waals surface area contributed by atoms with Crippen LogP contribution in [0.3, 0.4) is 0 Å². The van der Waals surface area contributed by atoms with Crippen LogP contribution >= 0.6 is 11.6 Å². The monoisotopic (exact) mass is 310 g/mol. The molecule has 0 bridgehead atoms. The second-order valence-electron chi connectivity index (χ2n) is 5.88. The zero-order valence-corrected chi connectivity index (χ0v) is 14.4. The molecule has 21 heavy (non-hydrogen) atoms. The van der Waals surface area contributed by atoms with Crippen LogP contribution in [0.1, 0.15) is 29.0 Å². The van der Waals surface area contributed by atoms with Gasteiger partial charge in [0, 0.05) is 32.7 Å². The molecule has 1 unspecified atom stereocenters. The fourth-order valence-corrected chi connectivity index (χ4v) is 3.69. The van der Waals surface area contributed by atoms with Crippen molar-refractivity contribution in [2.45, 2.75) is 26.1 Å². The molecule has 1 aromatic carbocycles. The summed E-state index contributed by atoms with van der Waals surface area (Å²) in [6, 6.07) is 4.15. The van der Waals surface area contributed by atoms with Gasteiger partial charge in [-0.05, 0) is 49.2 Å². The Kier molecular flexibility index (Phi) is 5.91. The molecule has 1 aliphatic heterocycles. The van der Waals surface area contributed by atoms with Crippen LogP contribution in [0.4, 0.5) is 0 Å². The first-order valence-electron chi connectivity index (χ1n) is 7.79. The number of hydrogen-bond acceptors (Lipinski definition) is 3. The molecule has 0 radical (unpaired) electrons. The van der Waals surface area contributed by atoms with E-state index in [9.17, 15) is 0 Å². The van der Waals surface area contributed by atoms with E-state index in [0.29, 0.717) is 0 Å². The van der Waals surface area contributed by atoms with Crippen LogP contribution in [0.25, 0.3) is 0 Å². The predicted molar refractivity (Wildman–Crippen MR) is 89.6 cm³/mol. The quantitative estimate of drug-likeness (QED) is 0.777. The van der Waals surface area contributed by atoms with Crippen LogP contribution in [0.2, 0.25) is 0 Å². The Morgan fingerprint density at radius 2 is 1.62 bits per heavy atom. The summed E-state index contributed by atoms with van der Waals surface area (Å²) in [5, 5.41) is 0.0454. The first-order valence-corrected chi connectivity index (χ1v) is 8.22. The molecule has 1 saturated heterocycles. The summed E-state index contributed by atoms with van der Waals surface area (Å²) in [5.41, 5.74) is 3.70. The van der Waals surface area contributed by atoms with Gasteiger partial charge in [0.05, 0.1) is 12.5 Å². The first kappa shape index (κ1) is 16.6. The van der Waals surface area contributed by atoms with Gasteiger partial charge in [0.2, 0.25) is 0 Å². The van der Waals surface area contributed by atoms with E-state index in [1.165, 1.54) is 16.7 Å². The largest absolute Gasteiger partial charge is 0.497 e. The van der Waals surface area contributed by atoms with Gasteiger partial charge in [0.1, 0.15) is 5.75 Å². The highest BCUT2D eigenvalue weighted by atomic mass is 35.5. The van der Waals surface area contributed by atoms with E-state index >= 15 is 0 Å². The number of alkyl halides is 1. The minimum atomic E-state index is 0.0454. The Hall–Kier alpha value is -0.770. The fourth-order valence-electron chi connectivity index (χ4n) is 3.15. The van der Waals surface area contributed by atoms with Gasteiger partial charge >= 0.3 is 0 Å². The number of aryl methyl sites for hydroxylation is 2. The summed E-state index contributed by atoms with van der Waals surface area (Å²) in [6.45, 7) is 13.1. The molecule has 0 aliphatic carbocycles. The Morgan fingerprint density at radius 3 is 2.10 bits per heavy atom. The van der Waals surface area contributed by atoms with Crippen LogP contribution in [-0.2, 0) is 0 Å². The second kappa shape index (κ2) is 7.48. The van der Waals surface area contributed by atoms with E-state index in [4.69, 9.17) is 16.3 Å². The average Bonchev–Trinajstić information content (AvgIpc) is 2.47. The van der Waals surface area contributed by atoms with Crippen molar-refractivity contribution in [2.75, 3.05) is 46.4 Å². The molecular formula is C17H27ClN2O. The fraction of sp³-hybridized carbons (Fsp3) is 0.647. The lowest BCUT2D eigenvalue weighted by Gasteiger charge is -2.35. The van der Waals surface area contributed by atoms with E-state index in [1.807, 2.05) is 0 Å². The lowest BCUT2D eigenvalue weighted by molar-refractivity contribution is 0.137. The van der Waals surface area contributed by atoms with Crippen molar-refractivity contribution in [3.8, 4) is 5.75 Å². The molecule has 2 rings (SSSR count). The predicted octanol–water partition coefficient (Wildman–Crippen LogP) is 3.23. The summed E-state index contributed by atoms with van der Waals surface area (Å²) >= 11 is 6.72. The summed E-state index contributed by atoms with van der Waals surface area (Å²) in [5.74, 6) is 0.911. The molecule has 0 N–H and O–H groups in total. The van der Waals surface area contributed by atoms with Crippen LogP contribution in [-0.4, -0.2) is 56.2 Å². The van der Waals surface area contributed by atoms with E-state index in [2.05, 4.69) is 42.7 Å². The Labute approximate surface area is 133 Å². The van der Waals surface area contributed by atoms with Gasteiger partial charge in [0.15, 0.2) is 0 Å². The average molecular weight is 311 g/mol. The third-order valence-corrected chi connectivity index (χ3v) is 4.80. The van der Waals surface area contributed by atoms with Gasteiger partial charge in [-0.15, -0.1) is 11.6 Å². The number of benzene rings is 1. The molecule has 0 aromatic heterocycles. The summed E-state index contributed by atoms with van der Waals surface area (Å²) < 4.78 is 5.33. The number of halogens is 1. The van der Waals surface area contributed by atoms with Gasteiger partial charge in [-0.3, -0.25) is 4.90 Å². The standard InChI is InChI=1S/C17H27ClN2O/c1-5-19-6-8-20(9-7-19)12-16(18)17-13(2)10-15(21-4)11-14(17)3/h10-11,16H,5-9,12H2,1-4H3. The summed E-state index contributed by atoms with van der Waals surface area (Å²) in [7, 11) is 1.71. The number of likely N-dealkylation sites (N-methyl/N-ethyl adjacent to an activating group) is 1. The molecule has 3 nitrogen and oxygen atoms in total. The van der Waals surface area contributed by atoms with Crippen molar-refractivity contribution in [3.63, 3.8) is 0 Å². The number of ether oxygens (including phenoxy) is 1. The summed E-state index contributed by atoms with van der Waals surface area (Å²) in [6.07, 6.45) is 0. The SMILES string of the molecule is CCN1CCN(CC(Cl)c2c(C)cc(OC)cc2C)CC1. The number of rotatable bonds is 5. The molecule has 1 atom stereocenters. The third kappa shape index (κ3) is 4.12. The van der Waals surface area contributed by atoms with E-state index < -0.39 is 0 Å². The molecule has 118 valence electrons. The van der Waals surface area contributed by atoms with Gasteiger partial charge in [-0.25, -0.2) is 0 Å². The minimum Gasteiger partial charge on any atom is -0.497 e. The topological polar surface area (TPSA) is 15.7 Å². The van der Waals surface area contributed by atoms with Crippen molar-refractivity contribution in [1.82, 2.24) is 9.80 Å². The third-order valence-electron chi connectivity index (χ3n) is 4.45. The maximum absolute atomic E-state index is 6.72. The van der Waals surface area contributed by atoms with Crippen molar-refractivity contribution in [2.24, 2.45) is 0 Å². The van der Waals surface area contributed by atoms with Crippen LogP contribution in [0, 0.1) is 13.8 Å². The highest BCUT2D eigenvalue weighted by molar-refractivity contribution is 6.21. The summed E-state index contributed by atoms with van der Waals surface area (Å²) in [4.78, 5) is 4.97. The van der Waals surface area contributed by atoms with E-state index in [-0.39, 0.29) is 5.38 Å². The van der Waals surface area contributed by atoms with Crippen LogP contribution in [0.5, 0.6) is 5.75 Å². The number of piperazine rings is 1. The van der Waals surface area contributed by atoms with Gasteiger partial charge < -0.3 is 9.64 Å². The maximum Gasteiger partial charge on any atom is 0.119 e. The van der Waals surface area contributed by atoms with Gasteiger partial charge in [-0.2, -0.15) is 0 Å². The molecular weight excluding hydrogens is 284 g/mol. The molecule has 4 heteroatoms. The Morgan fingerprint density at radius 1 is 1.10 bits per heavy atom. The lowest BCUT2D eigenvalue weighted by Crippen LogP contribution is -2.46. The zero-order chi connectivity index (χ0) is 15.4. The molecule has 0 spiro atoms. The highest BCUT2D eigenvalue weighted by Crippen LogP contribution is 2.31. The van der Waals surface area contributed by atoms with Gasteiger partial charge in [-0.1, -0.05) is 6.92 Å². The second-order valence-corrected chi connectivity index (χ2v) is 6.40. The van der Waals surface area contributed by atoms with E-state index in [1.54, 1.807) is 7.11 Å². The van der Waals surface area contributed by atoms with Crippen LogP contribution in [0.15, 0.2) is 12.1 Å². The van der Waals surface area contributed by atoms with Crippen molar-refractivity contribution < 1.29 is 4.74 Å². The van der Waals surface area contributed by atoms with E-state index in [0.717, 1.165) is 45.0 Å². The van der Waals surface area contributed by atoms with Gasteiger partial charge in [0.25, 0.3) is 0 Å². The molecule has 0 saturated carbocycles. The smallest absolute Gasteiger partial charge is 0.119 e. The maximum atomic E-state index is 6.72.